The van der Waals surface area contributed by atoms with Crippen molar-refractivity contribution in [2.24, 2.45) is 10.9 Å². The van der Waals surface area contributed by atoms with Crippen LogP contribution in [-0.2, 0) is 4.74 Å². The van der Waals surface area contributed by atoms with Crippen molar-refractivity contribution in [1.82, 2.24) is 0 Å². The second-order valence-corrected chi connectivity index (χ2v) is 5.76. The number of benzene rings is 1. The molecule has 3 N–H and O–H groups in total. The van der Waals surface area contributed by atoms with Crippen molar-refractivity contribution < 1.29 is 9.94 Å². The van der Waals surface area contributed by atoms with E-state index in [-0.39, 0.29) is 5.84 Å². The van der Waals surface area contributed by atoms with Crippen molar-refractivity contribution in [1.29, 1.82) is 0 Å². The van der Waals surface area contributed by atoms with Gasteiger partial charge in [0.25, 0.3) is 0 Å². The summed E-state index contributed by atoms with van der Waals surface area (Å²) in [5, 5.41) is 12.5. The van der Waals surface area contributed by atoms with Crippen LogP contribution >= 0.6 is 11.8 Å². The molecule has 1 aromatic carbocycles. The third-order valence-electron chi connectivity index (χ3n) is 2.98. The van der Waals surface area contributed by atoms with E-state index < -0.39 is 0 Å². The molecule has 18 heavy (non-hydrogen) atoms. The Morgan fingerprint density at radius 2 is 2.17 bits per heavy atom. The zero-order valence-electron chi connectivity index (χ0n) is 10.4. The summed E-state index contributed by atoms with van der Waals surface area (Å²) in [4.78, 5) is 1.08. The summed E-state index contributed by atoms with van der Waals surface area (Å²) >= 11 is 1.80. The van der Waals surface area contributed by atoms with E-state index in [0.29, 0.717) is 5.25 Å². The molecule has 0 unspecified atom stereocenters. The Kier molecular flexibility index (Phi) is 4.49. The maximum absolute atomic E-state index is 8.82. The lowest BCUT2D eigenvalue weighted by atomic mass is 10.1. The Labute approximate surface area is 111 Å². The molecular weight excluding hydrogens is 248 g/mol. The number of amidine groups is 1. The number of ether oxygens (including phenoxy) is 1. The topological polar surface area (TPSA) is 67.8 Å². The Balaban J connectivity index is 2.21. The summed E-state index contributed by atoms with van der Waals surface area (Å²) in [6, 6.07) is 5.97. The summed E-state index contributed by atoms with van der Waals surface area (Å²) in [5.41, 5.74) is 7.70. The van der Waals surface area contributed by atoms with Crippen molar-refractivity contribution in [3.63, 3.8) is 0 Å². The van der Waals surface area contributed by atoms with Gasteiger partial charge < -0.3 is 15.7 Å². The SMILES string of the molecule is Cc1ccc(C(N)=NO)c(SC2CCOCC2)c1. The summed E-state index contributed by atoms with van der Waals surface area (Å²) < 4.78 is 5.36. The zero-order valence-corrected chi connectivity index (χ0v) is 11.2. The molecule has 1 heterocycles. The molecule has 1 aromatic rings. The van der Waals surface area contributed by atoms with E-state index in [0.717, 1.165) is 36.5 Å². The van der Waals surface area contributed by atoms with Crippen LogP contribution in [0.25, 0.3) is 0 Å². The van der Waals surface area contributed by atoms with Gasteiger partial charge in [0.2, 0.25) is 0 Å². The molecule has 0 atom stereocenters. The van der Waals surface area contributed by atoms with Gasteiger partial charge in [-0.3, -0.25) is 0 Å². The van der Waals surface area contributed by atoms with Crippen LogP contribution in [0.3, 0.4) is 0 Å². The average molecular weight is 266 g/mol. The van der Waals surface area contributed by atoms with Crippen molar-refractivity contribution in [2.45, 2.75) is 29.9 Å². The maximum atomic E-state index is 8.82. The molecule has 1 saturated heterocycles. The fraction of sp³-hybridized carbons (Fsp3) is 0.462. The molecule has 0 radical (unpaired) electrons. The van der Waals surface area contributed by atoms with Gasteiger partial charge in [0, 0.05) is 28.9 Å². The number of nitrogens with zero attached hydrogens (tertiary/aromatic N) is 1. The first-order valence-electron chi connectivity index (χ1n) is 6.03. The van der Waals surface area contributed by atoms with Gasteiger partial charge in [-0.05, 0) is 37.5 Å². The molecule has 98 valence electrons. The molecule has 0 spiro atoms. The Bertz CT molecular complexity index is 443. The normalized spacial score (nSPS) is 17.9. The van der Waals surface area contributed by atoms with Crippen LogP contribution in [0, 0.1) is 6.92 Å². The Morgan fingerprint density at radius 3 is 2.83 bits per heavy atom. The van der Waals surface area contributed by atoms with Crippen LogP contribution in [0.4, 0.5) is 0 Å². The lowest BCUT2D eigenvalue weighted by Gasteiger charge is -2.22. The van der Waals surface area contributed by atoms with Gasteiger partial charge in [-0.25, -0.2) is 0 Å². The van der Waals surface area contributed by atoms with Crippen LogP contribution in [0.1, 0.15) is 24.0 Å². The van der Waals surface area contributed by atoms with E-state index in [1.165, 1.54) is 5.56 Å². The van der Waals surface area contributed by atoms with E-state index in [9.17, 15) is 0 Å². The fourth-order valence-electron chi connectivity index (χ4n) is 1.97. The molecule has 1 aliphatic heterocycles. The molecule has 1 fully saturated rings. The van der Waals surface area contributed by atoms with Crippen LogP contribution in [0.2, 0.25) is 0 Å². The minimum Gasteiger partial charge on any atom is -0.409 e. The minimum atomic E-state index is 0.171. The van der Waals surface area contributed by atoms with E-state index in [4.69, 9.17) is 15.7 Å². The molecule has 0 aromatic heterocycles. The number of hydrogen-bond donors (Lipinski definition) is 2. The predicted octanol–water partition coefficient (Wildman–Crippen LogP) is 2.36. The van der Waals surface area contributed by atoms with Gasteiger partial charge >= 0.3 is 0 Å². The highest BCUT2D eigenvalue weighted by molar-refractivity contribution is 8.00. The van der Waals surface area contributed by atoms with Crippen molar-refractivity contribution in [3.05, 3.63) is 29.3 Å². The highest BCUT2D eigenvalue weighted by Gasteiger charge is 2.17. The smallest absolute Gasteiger partial charge is 0.171 e. The van der Waals surface area contributed by atoms with Crippen molar-refractivity contribution in [2.75, 3.05) is 13.2 Å². The first kappa shape index (κ1) is 13.2. The number of hydrogen-bond acceptors (Lipinski definition) is 4. The van der Waals surface area contributed by atoms with Gasteiger partial charge in [0.05, 0.1) is 0 Å². The zero-order chi connectivity index (χ0) is 13.0. The first-order valence-corrected chi connectivity index (χ1v) is 6.91. The number of thioether (sulfide) groups is 1. The second-order valence-electron chi connectivity index (χ2n) is 4.41. The van der Waals surface area contributed by atoms with Gasteiger partial charge in [-0.2, -0.15) is 0 Å². The Morgan fingerprint density at radius 1 is 1.44 bits per heavy atom. The minimum absolute atomic E-state index is 0.171. The maximum Gasteiger partial charge on any atom is 0.171 e. The second kappa shape index (κ2) is 6.11. The van der Waals surface area contributed by atoms with Crippen LogP contribution in [0.5, 0.6) is 0 Å². The van der Waals surface area contributed by atoms with Crippen LogP contribution in [0.15, 0.2) is 28.3 Å². The molecule has 0 aliphatic carbocycles. The van der Waals surface area contributed by atoms with Gasteiger partial charge in [-0.1, -0.05) is 11.2 Å². The molecule has 0 amide bonds. The summed E-state index contributed by atoms with van der Waals surface area (Å²) in [6.45, 7) is 3.69. The lowest BCUT2D eigenvalue weighted by molar-refractivity contribution is 0.100. The van der Waals surface area contributed by atoms with E-state index >= 15 is 0 Å². The third-order valence-corrected chi connectivity index (χ3v) is 4.38. The fourth-order valence-corrected chi connectivity index (χ4v) is 3.31. The van der Waals surface area contributed by atoms with Gasteiger partial charge in [0.1, 0.15) is 0 Å². The van der Waals surface area contributed by atoms with E-state index in [2.05, 4.69) is 11.2 Å². The highest BCUT2D eigenvalue weighted by atomic mass is 32.2. The molecular formula is C13H18N2O2S. The Hall–Kier alpha value is -1.20. The average Bonchev–Trinajstić information content (AvgIpc) is 2.39. The van der Waals surface area contributed by atoms with E-state index in [1.54, 1.807) is 11.8 Å². The number of rotatable bonds is 3. The van der Waals surface area contributed by atoms with Crippen molar-refractivity contribution in [3.8, 4) is 0 Å². The standard InChI is InChI=1S/C13H18N2O2S/c1-9-2-3-11(13(14)15-16)12(8-9)18-10-4-6-17-7-5-10/h2-3,8,10,16H,4-7H2,1H3,(H2,14,15). The molecule has 5 heteroatoms. The van der Waals surface area contributed by atoms with Gasteiger partial charge in [0.15, 0.2) is 5.84 Å². The number of oxime groups is 1. The van der Waals surface area contributed by atoms with E-state index in [1.807, 2.05) is 19.1 Å². The monoisotopic (exact) mass is 266 g/mol. The summed E-state index contributed by atoms with van der Waals surface area (Å²) in [6.07, 6.45) is 2.10. The third kappa shape index (κ3) is 3.17. The summed E-state index contributed by atoms with van der Waals surface area (Å²) in [5.74, 6) is 0.171. The van der Waals surface area contributed by atoms with Crippen LogP contribution < -0.4 is 5.73 Å². The quantitative estimate of drug-likeness (QED) is 0.381. The lowest BCUT2D eigenvalue weighted by Crippen LogP contribution is -2.19. The highest BCUT2D eigenvalue weighted by Crippen LogP contribution is 2.32. The molecule has 2 rings (SSSR count). The van der Waals surface area contributed by atoms with Crippen molar-refractivity contribution >= 4 is 17.6 Å². The molecule has 0 saturated carbocycles. The van der Waals surface area contributed by atoms with Gasteiger partial charge in [-0.15, -0.1) is 11.8 Å². The summed E-state index contributed by atoms with van der Waals surface area (Å²) in [7, 11) is 0. The molecule has 0 bridgehead atoms. The predicted molar refractivity (Wildman–Crippen MR) is 73.4 cm³/mol. The molecule has 1 aliphatic rings. The molecule has 4 nitrogen and oxygen atoms in total. The number of nitrogens with two attached hydrogens (primary N) is 1. The first-order chi connectivity index (χ1) is 8.70. The van der Waals surface area contributed by atoms with Crippen LogP contribution in [-0.4, -0.2) is 29.5 Å². The number of aryl methyl sites for hydroxylation is 1. The largest absolute Gasteiger partial charge is 0.409 e.